The molecule has 238 valence electrons. The highest BCUT2D eigenvalue weighted by Gasteiger charge is 2.77. The Morgan fingerprint density at radius 3 is 2.04 bits per heavy atom. The maximum absolute atomic E-state index is 15.1. The first kappa shape index (κ1) is 31.9. The average molecular weight is 736 g/mol. The fourth-order valence-corrected chi connectivity index (χ4v) is 8.64. The van der Waals surface area contributed by atoms with E-state index in [0.29, 0.717) is 4.47 Å². The number of aromatic hydroxyl groups is 1. The number of phenolic OH excluding ortho intramolecular Hbond substituents is 1. The normalized spacial score (nSPS) is 31.3. The summed E-state index contributed by atoms with van der Waals surface area (Å²) >= 11 is 17.4. The minimum Gasteiger partial charge on any atom is -0.508 e. The van der Waals surface area contributed by atoms with Crippen molar-refractivity contribution in [3.05, 3.63) is 69.0 Å². The lowest BCUT2D eigenvalue weighted by Gasteiger charge is -2.50. The number of hydrogen-bond donors (Lipinski definition) is 1. The van der Waals surface area contributed by atoms with Crippen molar-refractivity contribution in [1.29, 1.82) is 0 Å². The number of alkyl halides is 2. The summed E-state index contributed by atoms with van der Waals surface area (Å²) in [6.45, 7) is 4.97. The van der Waals surface area contributed by atoms with Crippen LogP contribution in [0, 0.1) is 46.8 Å². The summed E-state index contributed by atoms with van der Waals surface area (Å²) in [5, 5.41) is 11.0. The zero-order valence-corrected chi connectivity index (χ0v) is 26.6. The van der Waals surface area contributed by atoms with E-state index in [1.165, 1.54) is 18.2 Å². The smallest absolute Gasteiger partial charge is 0.258 e. The van der Waals surface area contributed by atoms with Crippen LogP contribution in [-0.2, 0) is 19.2 Å². The van der Waals surface area contributed by atoms with Crippen LogP contribution in [0.1, 0.15) is 45.1 Å². The maximum atomic E-state index is 15.1. The number of amides is 4. The van der Waals surface area contributed by atoms with Gasteiger partial charge in [-0.15, -0.1) is 23.2 Å². The fourth-order valence-electron chi connectivity index (χ4n) is 7.33. The molecule has 4 amide bonds. The highest BCUT2D eigenvalue weighted by molar-refractivity contribution is 9.10. The molecule has 3 fully saturated rings. The third-order valence-corrected chi connectivity index (χ3v) is 11.1. The molecule has 2 heterocycles. The molecule has 15 heteroatoms. The summed E-state index contributed by atoms with van der Waals surface area (Å²) in [5.41, 5.74) is -2.63. The Kier molecular flexibility index (Phi) is 7.08. The molecule has 2 aromatic carbocycles. The monoisotopic (exact) mass is 734 g/mol. The van der Waals surface area contributed by atoms with E-state index in [4.69, 9.17) is 23.2 Å². The molecule has 0 bridgehead atoms. The molecule has 0 radical (unpaired) electrons. The van der Waals surface area contributed by atoms with Gasteiger partial charge in [0.05, 0.1) is 11.8 Å². The first-order valence-electron chi connectivity index (χ1n) is 13.6. The average Bonchev–Trinajstić information content (AvgIpc) is 3.31. The number of benzene rings is 2. The number of imide groups is 2. The molecule has 6 rings (SSSR count). The lowest BCUT2D eigenvalue weighted by atomic mass is 9.56. The molecule has 2 aliphatic heterocycles. The van der Waals surface area contributed by atoms with Gasteiger partial charge >= 0.3 is 0 Å². The van der Waals surface area contributed by atoms with Crippen molar-refractivity contribution in [1.82, 2.24) is 4.90 Å². The molecule has 2 aromatic rings. The number of nitrogens with zero attached hydrogens (tertiary/aromatic N) is 2. The van der Waals surface area contributed by atoms with Crippen molar-refractivity contribution in [2.24, 2.45) is 17.8 Å². The standard InChI is InChI=1S/C30H22BrCl2F5N2O5/c1-28(2,3)40-24(42)12-6-5-11-14(16(12)25(40)43)9-29(32)26(44)39(23-21(37)19(35)18(34)20(36)22(23)38)27(45)30(29,33)17(11)13-8-10(31)4-7-15(13)41/h4-5,7-8,12,14,16-17,41H,6,9H2,1-3H3/t12-,14+,16-,17+,29+,30-/m0/s1. The van der Waals surface area contributed by atoms with E-state index in [1.807, 2.05) is 0 Å². The van der Waals surface area contributed by atoms with E-state index in [0.717, 1.165) is 4.90 Å². The second-order valence-electron chi connectivity index (χ2n) is 12.6. The Labute approximate surface area is 271 Å². The van der Waals surface area contributed by atoms with E-state index in [1.54, 1.807) is 26.8 Å². The van der Waals surface area contributed by atoms with Crippen molar-refractivity contribution < 1.29 is 46.2 Å². The van der Waals surface area contributed by atoms with Gasteiger partial charge in [-0.3, -0.25) is 24.1 Å². The van der Waals surface area contributed by atoms with Crippen molar-refractivity contribution in [2.45, 2.75) is 54.8 Å². The third-order valence-electron chi connectivity index (χ3n) is 9.19. The maximum Gasteiger partial charge on any atom is 0.258 e. The third kappa shape index (κ3) is 3.98. The zero-order chi connectivity index (χ0) is 33.3. The number of carbonyl (C=O) groups excluding carboxylic acids is 4. The van der Waals surface area contributed by atoms with Crippen LogP contribution in [0.3, 0.4) is 0 Å². The molecule has 0 aromatic heterocycles. The predicted octanol–water partition coefficient (Wildman–Crippen LogP) is 6.21. The molecule has 7 nitrogen and oxygen atoms in total. The lowest BCUT2D eigenvalue weighted by Crippen LogP contribution is -2.60. The number of hydrogen-bond acceptors (Lipinski definition) is 5. The predicted molar refractivity (Wildman–Crippen MR) is 154 cm³/mol. The Balaban J connectivity index is 1.62. The number of allylic oxidation sites excluding steroid dienone is 2. The molecule has 2 saturated heterocycles. The van der Waals surface area contributed by atoms with Gasteiger partial charge in [0.2, 0.25) is 17.6 Å². The number of carbonyl (C=O) groups is 4. The first-order chi connectivity index (χ1) is 20.8. The van der Waals surface area contributed by atoms with Crippen LogP contribution < -0.4 is 4.90 Å². The summed E-state index contributed by atoms with van der Waals surface area (Å²) in [5.74, 6) is -21.6. The Morgan fingerprint density at radius 2 is 1.47 bits per heavy atom. The number of halogens is 8. The topological polar surface area (TPSA) is 95.0 Å². The van der Waals surface area contributed by atoms with Crippen LogP contribution >= 0.6 is 39.1 Å². The highest BCUT2D eigenvalue weighted by Crippen LogP contribution is 2.67. The number of fused-ring (bicyclic) bond motifs is 4. The van der Waals surface area contributed by atoms with Gasteiger partial charge in [-0.2, -0.15) is 0 Å². The van der Waals surface area contributed by atoms with Crippen LogP contribution in [0.25, 0.3) is 0 Å². The zero-order valence-electron chi connectivity index (χ0n) is 23.5. The van der Waals surface area contributed by atoms with E-state index >= 15 is 8.78 Å². The first-order valence-corrected chi connectivity index (χ1v) is 15.2. The van der Waals surface area contributed by atoms with Crippen LogP contribution in [0.2, 0.25) is 0 Å². The van der Waals surface area contributed by atoms with Crippen molar-refractivity contribution in [3.63, 3.8) is 0 Å². The summed E-state index contributed by atoms with van der Waals surface area (Å²) in [7, 11) is 0. The van der Waals surface area contributed by atoms with Crippen molar-refractivity contribution >= 4 is 68.4 Å². The van der Waals surface area contributed by atoms with Gasteiger partial charge in [-0.1, -0.05) is 27.6 Å². The largest absolute Gasteiger partial charge is 0.508 e. The van der Waals surface area contributed by atoms with Gasteiger partial charge in [0.15, 0.2) is 33.0 Å². The molecule has 4 aliphatic rings. The number of likely N-dealkylation sites (tertiary alicyclic amines) is 1. The quantitative estimate of drug-likeness (QED) is 0.0989. The van der Waals surface area contributed by atoms with Crippen molar-refractivity contribution in [3.8, 4) is 5.75 Å². The summed E-state index contributed by atoms with van der Waals surface area (Å²) in [4.78, 5) is 51.2. The Bertz CT molecular complexity index is 1770. The van der Waals surface area contributed by atoms with Crippen LogP contribution in [0.4, 0.5) is 27.6 Å². The Hall–Kier alpha value is -3.03. The van der Waals surface area contributed by atoms with Crippen molar-refractivity contribution in [2.75, 3.05) is 4.90 Å². The van der Waals surface area contributed by atoms with Gasteiger partial charge in [0.25, 0.3) is 11.8 Å². The minimum absolute atomic E-state index is 0.00463. The minimum atomic E-state index is -2.71. The summed E-state index contributed by atoms with van der Waals surface area (Å²) < 4.78 is 73.1. The van der Waals surface area contributed by atoms with Crippen LogP contribution in [0.15, 0.2) is 34.3 Å². The molecule has 2 aliphatic carbocycles. The van der Waals surface area contributed by atoms with Crippen LogP contribution in [-0.4, -0.2) is 48.9 Å². The molecule has 1 saturated carbocycles. The number of anilines is 1. The molecular formula is C30H22BrCl2F5N2O5. The van der Waals surface area contributed by atoms with Gasteiger partial charge in [-0.25, -0.2) is 26.9 Å². The van der Waals surface area contributed by atoms with Gasteiger partial charge < -0.3 is 5.11 Å². The highest BCUT2D eigenvalue weighted by atomic mass is 79.9. The molecule has 45 heavy (non-hydrogen) atoms. The second-order valence-corrected chi connectivity index (χ2v) is 14.7. The Morgan fingerprint density at radius 1 is 0.889 bits per heavy atom. The SMILES string of the molecule is CC(C)(C)N1C(=O)[C@H]2[C@H](CC=C3[C@H]2C[C@@]2(Cl)C(=O)N(c4c(F)c(F)c(F)c(F)c4F)C(=O)[C@@]2(Cl)[C@H]3c2cc(Br)ccc2O)C1=O. The van der Waals surface area contributed by atoms with Gasteiger partial charge in [-0.05, 0) is 57.7 Å². The summed E-state index contributed by atoms with van der Waals surface area (Å²) in [6.07, 6.45) is 0.946. The molecule has 0 unspecified atom stereocenters. The molecule has 1 N–H and O–H groups in total. The van der Waals surface area contributed by atoms with E-state index in [9.17, 15) is 37.5 Å². The van der Waals surface area contributed by atoms with E-state index in [-0.39, 0.29) is 22.5 Å². The lowest BCUT2D eigenvalue weighted by molar-refractivity contribution is -0.145. The van der Waals surface area contributed by atoms with E-state index < -0.39 is 110 Å². The van der Waals surface area contributed by atoms with E-state index in [2.05, 4.69) is 15.9 Å². The summed E-state index contributed by atoms with van der Waals surface area (Å²) in [6, 6.07) is 4.04. The van der Waals surface area contributed by atoms with Crippen LogP contribution in [0.5, 0.6) is 5.75 Å². The molecular weight excluding hydrogens is 714 g/mol. The molecule has 6 atom stereocenters. The number of phenols is 1. The fraction of sp³-hybridized carbons (Fsp3) is 0.400. The number of rotatable bonds is 2. The molecule has 0 spiro atoms. The second kappa shape index (κ2) is 9.98. The van der Waals surface area contributed by atoms with Gasteiger partial charge in [0, 0.05) is 21.5 Å². The van der Waals surface area contributed by atoms with Gasteiger partial charge in [0.1, 0.15) is 11.4 Å².